The molecule has 0 aromatic heterocycles. The number of hydrogen-bond acceptors (Lipinski definition) is 3. The average Bonchev–Trinajstić information content (AvgIpc) is 2.41. The van der Waals surface area contributed by atoms with Gasteiger partial charge in [-0.3, -0.25) is 4.79 Å². The smallest absolute Gasteiger partial charge is 0.310 e. The lowest BCUT2D eigenvalue weighted by molar-refractivity contribution is -0.148. The van der Waals surface area contributed by atoms with Crippen molar-refractivity contribution in [3.8, 4) is 0 Å². The lowest BCUT2D eigenvalue weighted by Gasteiger charge is -2.30. The molecule has 1 N–H and O–H groups in total. The fraction of sp³-hybridized carbons (Fsp3) is 0.500. The largest absolute Gasteiger partial charge is 0.469 e. The normalized spacial score (nSPS) is 23.7. The zero-order chi connectivity index (χ0) is 13.0. The lowest BCUT2D eigenvalue weighted by atomic mass is 9.82. The van der Waals surface area contributed by atoms with Gasteiger partial charge in [0.25, 0.3) is 0 Å². The summed E-state index contributed by atoms with van der Waals surface area (Å²) in [5.74, 6) is -0.221. The summed E-state index contributed by atoms with van der Waals surface area (Å²) in [6, 6.07) is 6.49. The highest BCUT2D eigenvalue weighted by atomic mass is 19.1. The number of carbonyl (C=O) groups excluding carboxylic acids is 1. The highest BCUT2D eigenvalue weighted by Gasteiger charge is 2.31. The van der Waals surface area contributed by atoms with Crippen molar-refractivity contribution >= 4 is 5.97 Å². The van der Waals surface area contributed by atoms with E-state index in [4.69, 9.17) is 4.74 Å². The van der Waals surface area contributed by atoms with E-state index in [1.54, 1.807) is 12.1 Å². The van der Waals surface area contributed by atoms with Crippen LogP contribution < -0.4 is 5.32 Å². The van der Waals surface area contributed by atoms with Gasteiger partial charge in [0.1, 0.15) is 5.82 Å². The predicted octanol–water partition coefficient (Wildman–Crippen LogP) is 1.77. The van der Waals surface area contributed by atoms with E-state index in [0.717, 1.165) is 24.9 Å². The van der Waals surface area contributed by atoms with Crippen LogP contribution in [-0.2, 0) is 16.0 Å². The molecule has 1 aliphatic rings. The number of carbonyl (C=O) groups is 1. The molecule has 1 aliphatic heterocycles. The molecule has 0 saturated carbocycles. The molecule has 1 aromatic rings. The number of methoxy groups -OCH3 is 1. The van der Waals surface area contributed by atoms with Gasteiger partial charge in [-0.1, -0.05) is 12.1 Å². The summed E-state index contributed by atoms with van der Waals surface area (Å²) in [5.41, 5.74) is 1.07. The molecule has 1 heterocycles. The van der Waals surface area contributed by atoms with Crippen molar-refractivity contribution in [2.75, 3.05) is 20.2 Å². The van der Waals surface area contributed by atoms with Crippen LogP contribution in [0.5, 0.6) is 0 Å². The van der Waals surface area contributed by atoms with Gasteiger partial charge in [-0.05, 0) is 43.0 Å². The van der Waals surface area contributed by atoms with Crippen LogP contribution in [0.2, 0.25) is 0 Å². The molecule has 0 spiro atoms. The van der Waals surface area contributed by atoms with E-state index in [9.17, 15) is 9.18 Å². The van der Waals surface area contributed by atoms with E-state index in [1.807, 2.05) is 0 Å². The van der Waals surface area contributed by atoms with Crippen molar-refractivity contribution in [2.45, 2.75) is 12.8 Å². The fourth-order valence-electron chi connectivity index (χ4n) is 2.51. The van der Waals surface area contributed by atoms with E-state index in [0.29, 0.717) is 6.54 Å². The Balaban J connectivity index is 2.05. The van der Waals surface area contributed by atoms with Crippen LogP contribution in [0, 0.1) is 17.7 Å². The zero-order valence-corrected chi connectivity index (χ0v) is 10.5. The fourth-order valence-corrected chi connectivity index (χ4v) is 2.51. The van der Waals surface area contributed by atoms with Crippen LogP contribution in [0.1, 0.15) is 12.0 Å². The van der Waals surface area contributed by atoms with Crippen molar-refractivity contribution in [3.05, 3.63) is 35.6 Å². The van der Waals surface area contributed by atoms with E-state index in [-0.39, 0.29) is 23.6 Å². The van der Waals surface area contributed by atoms with Crippen molar-refractivity contribution < 1.29 is 13.9 Å². The van der Waals surface area contributed by atoms with Gasteiger partial charge < -0.3 is 10.1 Å². The van der Waals surface area contributed by atoms with Crippen LogP contribution in [0.25, 0.3) is 0 Å². The number of hydrogen-bond donors (Lipinski definition) is 1. The highest BCUT2D eigenvalue weighted by Crippen LogP contribution is 2.24. The van der Waals surface area contributed by atoms with Crippen molar-refractivity contribution in [1.29, 1.82) is 0 Å². The third kappa shape index (κ3) is 3.07. The Kier molecular flexibility index (Phi) is 4.31. The second-order valence-corrected chi connectivity index (χ2v) is 4.71. The van der Waals surface area contributed by atoms with E-state index >= 15 is 0 Å². The van der Waals surface area contributed by atoms with Crippen molar-refractivity contribution in [3.63, 3.8) is 0 Å². The number of esters is 1. The molecule has 0 radical (unpaired) electrons. The number of rotatable bonds is 3. The number of piperidine rings is 1. The molecule has 2 rings (SSSR count). The van der Waals surface area contributed by atoms with Crippen molar-refractivity contribution in [2.24, 2.45) is 11.8 Å². The molecule has 1 aromatic carbocycles. The minimum absolute atomic E-state index is 0.103. The molecular weight excluding hydrogens is 233 g/mol. The van der Waals surface area contributed by atoms with Crippen molar-refractivity contribution in [1.82, 2.24) is 5.32 Å². The molecule has 0 bridgehead atoms. The number of halogens is 1. The first kappa shape index (κ1) is 13.0. The number of ether oxygens (including phenoxy) is 1. The molecule has 4 heteroatoms. The first-order valence-corrected chi connectivity index (χ1v) is 6.23. The maximum Gasteiger partial charge on any atom is 0.310 e. The van der Waals surface area contributed by atoms with Gasteiger partial charge in [0, 0.05) is 6.54 Å². The van der Waals surface area contributed by atoms with Gasteiger partial charge in [-0.2, -0.15) is 0 Å². The van der Waals surface area contributed by atoms with Gasteiger partial charge in [0.15, 0.2) is 0 Å². The third-order valence-corrected chi connectivity index (χ3v) is 3.54. The Morgan fingerprint density at radius 1 is 1.44 bits per heavy atom. The molecule has 2 atom stereocenters. The molecule has 0 unspecified atom stereocenters. The monoisotopic (exact) mass is 251 g/mol. The summed E-state index contributed by atoms with van der Waals surface area (Å²) in [6.45, 7) is 1.58. The zero-order valence-electron chi connectivity index (χ0n) is 10.5. The van der Waals surface area contributed by atoms with Gasteiger partial charge in [0.2, 0.25) is 0 Å². The average molecular weight is 251 g/mol. The molecule has 18 heavy (non-hydrogen) atoms. The second-order valence-electron chi connectivity index (χ2n) is 4.71. The standard InChI is InChI=1S/C14H18FNO2/c1-18-14(17)13-9-16-7-6-11(13)8-10-2-4-12(15)5-3-10/h2-5,11,13,16H,6-9H2,1H3/t11-,13-/m1/s1. The molecule has 1 saturated heterocycles. The summed E-state index contributed by atoms with van der Waals surface area (Å²) >= 11 is 0. The van der Waals surface area contributed by atoms with Gasteiger partial charge in [0.05, 0.1) is 13.0 Å². The molecule has 98 valence electrons. The quantitative estimate of drug-likeness (QED) is 0.832. The van der Waals surface area contributed by atoms with Gasteiger partial charge >= 0.3 is 5.97 Å². The summed E-state index contributed by atoms with van der Waals surface area (Å²) in [4.78, 5) is 11.7. The Labute approximate surface area is 106 Å². The maximum atomic E-state index is 12.8. The minimum Gasteiger partial charge on any atom is -0.469 e. The molecule has 0 aliphatic carbocycles. The Morgan fingerprint density at radius 3 is 2.83 bits per heavy atom. The van der Waals surface area contributed by atoms with Crippen LogP contribution >= 0.6 is 0 Å². The number of nitrogens with one attached hydrogen (secondary N) is 1. The summed E-state index contributed by atoms with van der Waals surface area (Å²) in [5, 5.41) is 3.21. The summed E-state index contributed by atoms with van der Waals surface area (Å²) in [6.07, 6.45) is 1.73. The Hall–Kier alpha value is -1.42. The molecule has 3 nitrogen and oxygen atoms in total. The Bertz CT molecular complexity index is 405. The lowest BCUT2D eigenvalue weighted by Crippen LogP contribution is -2.42. The SMILES string of the molecule is COC(=O)[C@@H]1CNCC[C@@H]1Cc1ccc(F)cc1. The second kappa shape index (κ2) is 5.96. The summed E-state index contributed by atoms with van der Waals surface area (Å²) in [7, 11) is 1.42. The van der Waals surface area contributed by atoms with E-state index in [1.165, 1.54) is 19.2 Å². The Morgan fingerprint density at radius 2 is 2.17 bits per heavy atom. The van der Waals surface area contributed by atoms with Crippen LogP contribution in [0.4, 0.5) is 4.39 Å². The number of benzene rings is 1. The third-order valence-electron chi connectivity index (χ3n) is 3.54. The topological polar surface area (TPSA) is 38.3 Å². The van der Waals surface area contributed by atoms with Crippen LogP contribution in [0.3, 0.4) is 0 Å². The first-order chi connectivity index (χ1) is 8.70. The van der Waals surface area contributed by atoms with E-state index < -0.39 is 0 Å². The first-order valence-electron chi connectivity index (χ1n) is 6.23. The molecular formula is C14H18FNO2. The van der Waals surface area contributed by atoms with E-state index in [2.05, 4.69) is 5.32 Å². The molecule has 0 amide bonds. The predicted molar refractivity (Wildman–Crippen MR) is 66.6 cm³/mol. The van der Waals surface area contributed by atoms with Crippen LogP contribution in [-0.4, -0.2) is 26.2 Å². The van der Waals surface area contributed by atoms with Crippen LogP contribution in [0.15, 0.2) is 24.3 Å². The maximum absolute atomic E-state index is 12.8. The summed E-state index contributed by atoms with van der Waals surface area (Å²) < 4.78 is 17.7. The minimum atomic E-state index is -0.228. The van der Waals surface area contributed by atoms with Gasteiger partial charge in [-0.25, -0.2) is 4.39 Å². The molecule has 1 fully saturated rings. The van der Waals surface area contributed by atoms with Gasteiger partial charge in [-0.15, -0.1) is 0 Å². The highest BCUT2D eigenvalue weighted by molar-refractivity contribution is 5.73.